The molecule has 1 fully saturated rings. The number of aromatic nitrogens is 1. The number of nitrogens with zero attached hydrogens (tertiary/aromatic N) is 3. The number of carbonyl (C=O) groups excluding carboxylic acids is 1. The summed E-state index contributed by atoms with van der Waals surface area (Å²) in [5, 5.41) is 0. The van der Waals surface area contributed by atoms with E-state index in [9.17, 15) is 4.79 Å². The number of fused-ring (bicyclic) bond motifs is 3. The Morgan fingerprint density at radius 1 is 1.28 bits per heavy atom. The van der Waals surface area contributed by atoms with Gasteiger partial charge in [-0.1, -0.05) is 18.2 Å². The molecule has 0 unspecified atom stereocenters. The maximum atomic E-state index is 13.0. The van der Waals surface area contributed by atoms with Crippen LogP contribution in [0.25, 0.3) is 0 Å². The molecule has 6 nitrogen and oxygen atoms in total. The van der Waals surface area contributed by atoms with Crippen LogP contribution in [0.15, 0.2) is 42.6 Å². The molecule has 0 saturated carbocycles. The molecule has 3 heterocycles. The van der Waals surface area contributed by atoms with E-state index in [0.29, 0.717) is 18.8 Å². The summed E-state index contributed by atoms with van der Waals surface area (Å²) in [6.07, 6.45) is 2.53. The number of methoxy groups -OCH3 is 1. The van der Waals surface area contributed by atoms with Crippen molar-refractivity contribution in [2.75, 3.05) is 25.6 Å². The molecule has 25 heavy (non-hydrogen) atoms. The monoisotopic (exact) mass is 339 g/mol. The Labute approximate surface area is 147 Å². The van der Waals surface area contributed by atoms with Gasteiger partial charge in [0.15, 0.2) is 0 Å². The smallest absolute Gasteiger partial charge is 0.244 e. The summed E-state index contributed by atoms with van der Waals surface area (Å²) in [6, 6.07) is 11.4. The lowest BCUT2D eigenvalue weighted by molar-refractivity contribution is -0.122. The highest BCUT2D eigenvalue weighted by molar-refractivity contribution is 5.98. The Bertz CT molecular complexity index is 778. The highest BCUT2D eigenvalue weighted by Crippen LogP contribution is 2.35. The van der Waals surface area contributed by atoms with Crippen LogP contribution in [0.5, 0.6) is 11.6 Å². The molecule has 6 heteroatoms. The minimum absolute atomic E-state index is 0.0232. The van der Waals surface area contributed by atoms with Crippen molar-refractivity contribution < 1.29 is 14.3 Å². The molecule has 2 aliphatic heterocycles. The quantitative estimate of drug-likeness (QED) is 0.857. The summed E-state index contributed by atoms with van der Waals surface area (Å²) >= 11 is 0. The van der Waals surface area contributed by atoms with Gasteiger partial charge >= 0.3 is 0 Å². The van der Waals surface area contributed by atoms with Gasteiger partial charge in [0.25, 0.3) is 0 Å². The molecule has 4 rings (SSSR count). The van der Waals surface area contributed by atoms with Crippen molar-refractivity contribution in [3.63, 3.8) is 0 Å². The van der Waals surface area contributed by atoms with Crippen molar-refractivity contribution in [2.24, 2.45) is 0 Å². The van der Waals surface area contributed by atoms with Crippen LogP contribution >= 0.6 is 0 Å². The van der Waals surface area contributed by atoms with E-state index < -0.39 is 0 Å². The lowest BCUT2D eigenvalue weighted by atomic mass is 10.1. The van der Waals surface area contributed by atoms with E-state index in [1.165, 1.54) is 0 Å². The number of amides is 1. The van der Waals surface area contributed by atoms with E-state index >= 15 is 0 Å². The predicted octanol–water partition coefficient (Wildman–Crippen LogP) is 2.09. The van der Waals surface area contributed by atoms with Crippen molar-refractivity contribution in [1.29, 1.82) is 0 Å². The van der Waals surface area contributed by atoms with E-state index in [-0.39, 0.29) is 18.1 Å². The number of ether oxygens (including phenoxy) is 2. The molecule has 2 aromatic rings. The van der Waals surface area contributed by atoms with Crippen LogP contribution in [0.1, 0.15) is 12.0 Å². The summed E-state index contributed by atoms with van der Waals surface area (Å²) in [7, 11) is 3.42. The first kappa shape index (κ1) is 15.9. The molecular formula is C19H21N3O3. The Hall–Kier alpha value is -2.60. The van der Waals surface area contributed by atoms with E-state index in [2.05, 4.69) is 9.88 Å². The van der Waals surface area contributed by atoms with Gasteiger partial charge in [-0.15, -0.1) is 0 Å². The molecule has 0 radical (unpaired) electrons. The van der Waals surface area contributed by atoms with Crippen LogP contribution in [-0.2, 0) is 11.3 Å². The number of rotatable bonds is 3. The average Bonchev–Trinajstić information content (AvgIpc) is 3.04. The lowest BCUT2D eigenvalue weighted by Crippen LogP contribution is -2.44. The summed E-state index contributed by atoms with van der Waals surface area (Å²) in [5.74, 6) is 1.47. The van der Waals surface area contributed by atoms with Gasteiger partial charge in [-0.05, 0) is 17.7 Å². The summed E-state index contributed by atoms with van der Waals surface area (Å²) < 4.78 is 11.3. The number of pyridine rings is 1. The zero-order valence-electron chi connectivity index (χ0n) is 14.4. The van der Waals surface area contributed by atoms with Crippen molar-refractivity contribution in [1.82, 2.24) is 9.88 Å². The largest absolute Gasteiger partial charge is 0.487 e. The van der Waals surface area contributed by atoms with Crippen LogP contribution in [0, 0.1) is 0 Å². The second-order valence-corrected chi connectivity index (χ2v) is 6.49. The first-order valence-electron chi connectivity index (χ1n) is 8.42. The first-order chi connectivity index (χ1) is 12.2. The zero-order valence-corrected chi connectivity index (χ0v) is 14.4. The predicted molar refractivity (Wildman–Crippen MR) is 93.9 cm³/mol. The molecule has 1 aromatic heterocycles. The van der Waals surface area contributed by atoms with Crippen molar-refractivity contribution in [3.05, 3.63) is 48.2 Å². The van der Waals surface area contributed by atoms with Gasteiger partial charge in [0, 0.05) is 38.8 Å². The lowest BCUT2D eigenvalue weighted by Gasteiger charge is -2.29. The maximum absolute atomic E-state index is 13.0. The number of para-hydroxylation sites is 2. The second-order valence-electron chi connectivity index (χ2n) is 6.49. The highest BCUT2D eigenvalue weighted by atomic mass is 16.5. The standard InChI is InChI=1S/C19H21N3O3/c1-21-15-5-3-4-6-17(15)25-14-9-16(19(21)23)22(12-14)11-13-7-8-18(24-2)20-10-13/h3-8,10,14,16H,9,11-12H2,1-2H3/t14-,16-/m0/s1. The fraction of sp³-hybridized carbons (Fsp3) is 0.368. The Kier molecular flexibility index (Phi) is 4.05. The SMILES string of the molecule is COc1ccc(CN2C[C@@H]3C[C@H]2C(=O)N(C)c2ccccc2O3)cn1. The minimum Gasteiger partial charge on any atom is -0.487 e. The number of likely N-dealkylation sites (N-methyl/N-ethyl adjacent to an activating group) is 1. The van der Waals surface area contributed by atoms with Gasteiger partial charge in [-0.25, -0.2) is 4.98 Å². The number of benzene rings is 1. The Balaban J connectivity index is 1.58. The third-order valence-corrected chi connectivity index (χ3v) is 4.89. The van der Waals surface area contributed by atoms with Crippen molar-refractivity contribution in [2.45, 2.75) is 25.1 Å². The van der Waals surface area contributed by atoms with E-state index in [4.69, 9.17) is 9.47 Å². The molecule has 130 valence electrons. The highest BCUT2D eigenvalue weighted by Gasteiger charge is 2.41. The fourth-order valence-corrected chi connectivity index (χ4v) is 3.59. The number of hydrogen-bond donors (Lipinski definition) is 0. The molecule has 1 amide bonds. The maximum Gasteiger partial charge on any atom is 0.244 e. The van der Waals surface area contributed by atoms with E-state index in [1.807, 2.05) is 43.4 Å². The average molecular weight is 339 g/mol. The van der Waals surface area contributed by atoms with Crippen molar-refractivity contribution in [3.8, 4) is 11.6 Å². The number of carbonyl (C=O) groups is 1. The number of likely N-dealkylation sites (tertiary alicyclic amines) is 1. The van der Waals surface area contributed by atoms with Gasteiger partial charge in [0.05, 0.1) is 18.8 Å². The summed E-state index contributed by atoms with van der Waals surface area (Å²) in [4.78, 5) is 21.2. The van der Waals surface area contributed by atoms with Crippen LogP contribution in [0.4, 0.5) is 5.69 Å². The van der Waals surface area contributed by atoms with E-state index in [1.54, 1.807) is 18.2 Å². The topological polar surface area (TPSA) is 54.9 Å². The fourth-order valence-electron chi connectivity index (χ4n) is 3.59. The normalized spacial score (nSPS) is 22.8. The van der Waals surface area contributed by atoms with Gasteiger partial charge in [-0.2, -0.15) is 0 Å². The molecule has 2 atom stereocenters. The number of anilines is 1. The summed E-state index contributed by atoms with van der Waals surface area (Å²) in [6.45, 7) is 1.39. The molecule has 1 saturated heterocycles. The Morgan fingerprint density at radius 3 is 2.88 bits per heavy atom. The molecule has 2 aliphatic rings. The first-order valence-corrected chi connectivity index (χ1v) is 8.42. The van der Waals surface area contributed by atoms with Crippen LogP contribution in [0.3, 0.4) is 0 Å². The van der Waals surface area contributed by atoms with Crippen LogP contribution in [0.2, 0.25) is 0 Å². The molecule has 0 N–H and O–H groups in total. The molecule has 1 aromatic carbocycles. The van der Waals surface area contributed by atoms with E-state index in [0.717, 1.165) is 23.5 Å². The number of hydrogen-bond acceptors (Lipinski definition) is 5. The minimum atomic E-state index is -0.176. The van der Waals surface area contributed by atoms with Gasteiger partial charge in [0.1, 0.15) is 11.9 Å². The molecule has 0 spiro atoms. The van der Waals surface area contributed by atoms with Crippen LogP contribution in [-0.4, -0.2) is 48.6 Å². The molecular weight excluding hydrogens is 318 g/mol. The third-order valence-electron chi connectivity index (χ3n) is 4.89. The van der Waals surface area contributed by atoms with Crippen molar-refractivity contribution >= 4 is 11.6 Å². The zero-order chi connectivity index (χ0) is 17.4. The van der Waals surface area contributed by atoms with Gasteiger partial charge in [0.2, 0.25) is 11.8 Å². The molecule has 2 bridgehead atoms. The van der Waals surface area contributed by atoms with Gasteiger partial charge in [-0.3, -0.25) is 9.69 Å². The summed E-state index contributed by atoms with van der Waals surface area (Å²) in [5.41, 5.74) is 1.88. The van der Waals surface area contributed by atoms with Gasteiger partial charge < -0.3 is 14.4 Å². The van der Waals surface area contributed by atoms with Crippen LogP contribution < -0.4 is 14.4 Å². The third kappa shape index (κ3) is 2.93. The molecule has 0 aliphatic carbocycles. The second kappa shape index (κ2) is 6.37. The Morgan fingerprint density at radius 2 is 2.12 bits per heavy atom.